The molecular formula is C15H16ClN5O. The van der Waals surface area contributed by atoms with Crippen LogP contribution in [-0.4, -0.2) is 33.9 Å². The summed E-state index contributed by atoms with van der Waals surface area (Å²) >= 11 is 6.08. The van der Waals surface area contributed by atoms with Crippen LogP contribution < -0.4 is 10.2 Å². The molecule has 1 saturated heterocycles. The molecule has 2 aromatic heterocycles. The van der Waals surface area contributed by atoms with E-state index < -0.39 is 0 Å². The minimum Gasteiger partial charge on any atom is -0.341 e. The topological polar surface area (TPSA) is 71.0 Å². The molecule has 6 nitrogen and oxygen atoms in total. The molecule has 0 atom stereocenters. The molecule has 1 aliphatic rings. The Balaban J connectivity index is 1.85. The molecule has 0 radical (unpaired) electrons. The molecule has 1 amide bonds. The van der Waals surface area contributed by atoms with Gasteiger partial charge in [0.05, 0.1) is 11.2 Å². The van der Waals surface area contributed by atoms with Gasteiger partial charge in [-0.05, 0) is 31.4 Å². The van der Waals surface area contributed by atoms with Crippen molar-refractivity contribution in [3.8, 4) is 0 Å². The summed E-state index contributed by atoms with van der Waals surface area (Å²) in [5.41, 5.74) is 1.05. The fourth-order valence-electron chi connectivity index (χ4n) is 2.37. The average Bonchev–Trinajstić information content (AvgIpc) is 3.04. The fourth-order valence-corrected chi connectivity index (χ4v) is 2.55. The molecule has 1 aliphatic heterocycles. The molecule has 0 aliphatic carbocycles. The smallest absolute Gasteiger partial charge is 0.277 e. The molecule has 3 heterocycles. The molecular weight excluding hydrogens is 302 g/mol. The number of pyridine rings is 1. The van der Waals surface area contributed by atoms with Gasteiger partial charge in [0.2, 0.25) is 5.95 Å². The van der Waals surface area contributed by atoms with Gasteiger partial charge in [-0.3, -0.25) is 4.79 Å². The molecule has 0 aromatic carbocycles. The van der Waals surface area contributed by atoms with E-state index in [9.17, 15) is 4.79 Å². The summed E-state index contributed by atoms with van der Waals surface area (Å²) < 4.78 is 0. The molecule has 22 heavy (non-hydrogen) atoms. The van der Waals surface area contributed by atoms with E-state index in [1.54, 1.807) is 6.20 Å². The van der Waals surface area contributed by atoms with Gasteiger partial charge in [-0.2, -0.15) is 0 Å². The van der Waals surface area contributed by atoms with Crippen LogP contribution >= 0.6 is 11.6 Å². The van der Waals surface area contributed by atoms with Crippen molar-refractivity contribution in [2.24, 2.45) is 0 Å². The molecule has 114 valence electrons. The lowest BCUT2D eigenvalue weighted by atomic mass is 10.3. The fraction of sp³-hybridized carbons (Fsp3) is 0.333. The average molecular weight is 318 g/mol. The zero-order valence-electron chi connectivity index (χ0n) is 12.2. The third kappa shape index (κ3) is 3.01. The summed E-state index contributed by atoms with van der Waals surface area (Å²) in [6.45, 7) is 3.68. The van der Waals surface area contributed by atoms with Crippen molar-refractivity contribution >= 4 is 29.3 Å². The Morgan fingerprint density at radius 2 is 2.09 bits per heavy atom. The Kier molecular flexibility index (Phi) is 4.20. The number of nitrogens with one attached hydrogen (secondary N) is 1. The van der Waals surface area contributed by atoms with E-state index in [4.69, 9.17) is 11.6 Å². The van der Waals surface area contributed by atoms with Crippen LogP contribution in [-0.2, 0) is 0 Å². The van der Waals surface area contributed by atoms with E-state index >= 15 is 0 Å². The maximum Gasteiger partial charge on any atom is 0.277 e. The number of aromatic nitrogens is 3. The SMILES string of the molecule is Cc1cccnc1NC(=O)c1nc(N2CCCC2)ncc1Cl. The molecule has 0 unspecified atom stereocenters. The van der Waals surface area contributed by atoms with Crippen molar-refractivity contribution in [2.45, 2.75) is 19.8 Å². The maximum atomic E-state index is 12.4. The number of carbonyl (C=O) groups is 1. The van der Waals surface area contributed by atoms with Crippen LogP contribution in [0.3, 0.4) is 0 Å². The largest absolute Gasteiger partial charge is 0.341 e. The third-order valence-corrected chi connectivity index (χ3v) is 3.85. The summed E-state index contributed by atoms with van der Waals surface area (Å²) in [5.74, 6) is 0.671. The van der Waals surface area contributed by atoms with Crippen LogP contribution in [0.25, 0.3) is 0 Å². The van der Waals surface area contributed by atoms with Crippen molar-refractivity contribution in [3.63, 3.8) is 0 Å². The Labute approximate surface area is 133 Å². The highest BCUT2D eigenvalue weighted by Gasteiger charge is 2.20. The number of amides is 1. The van der Waals surface area contributed by atoms with Gasteiger partial charge in [0.1, 0.15) is 5.82 Å². The molecule has 7 heteroatoms. The van der Waals surface area contributed by atoms with Crippen molar-refractivity contribution in [3.05, 3.63) is 40.8 Å². The first-order chi connectivity index (χ1) is 10.6. The predicted molar refractivity (Wildman–Crippen MR) is 85.4 cm³/mol. The number of anilines is 2. The van der Waals surface area contributed by atoms with E-state index in [0.29, 0.717) is 11.8 Å². The van der Waals surface area contributed by atoms with Gasteiger partial charge in [0, 0.05) is 19.3 Å². The van der Waals surface area contributed by atoms with Gasteiger partial charge in [-0.25, -0.2) is 15.0 Å². The number of hydrogen-bond donors (Lipinski definition) is 1. The monoisotopic (exact) mass is 317 g/mol. The number of carbonyl (C=O) groups excluding carboxylic acids is 1. The molecule has 0 spiro atoms. The highest BCUT2D eigenvalue weighted by atomic mass is 35.5. The summed E-state index contributed by atoms with van der Waals surface area (Å²) in [7, 11) is 0. The van der Waals surface area contributed by atoms with Gasteiger partial charge in [0.15, 0.2) is 5.69 Å². The zero-order valence-corrected chi connectivity index (χ0v) is 13.0. The van der Waals surface area contributed by atoms with E-state index in [0.717, 1.165) is 31.5 Å². The Bertz CT molecular complexity index is 700. The Morgan fingerprint density at radius 3 is 2.82 bits per heavy atom. The first kappa shape index (κ1) is 14.7. The summed E-state index contributed by atoms with van der Waals surface area (Å²) in [4.78, 5) is 27.1. The number of rotatable bonds is 3. The number of halogens is 1. The van der Waals surface area contributed by atoms with Crippen LogP contribution in [0.1, 0.15) is 28.9 Å². The summed E-state index contributed by atoms with van der Waals surface area (Å²) in [6, 6.07) is 3.69. The van der Waals surface area contributed by atoms with Gasteiger partial charge in [-0.1, -0.05) is 17.7 Å². The second-order valence-corrected chi connectivity index (χ2v) is 5.59. The third-order valence-electron chi connectivity index (χ3n) is 3.58. The van der Waals surface area contributed by atoms with E-state index in [2.05, 4.69) is 25.2 Å². The van der Waals surface area contributed by atoms with E-state index in [1.807, 2.05) is 19.1 Å². The standard InChI is InChI=1S/C15H16ClN5O/c1-10-5-4-6-17-13(10)20-14(22)12-11(16)9-18-15(19-12)21-7-2-3-8-21/h4-6,9H,2-3,7-8H2,1H3,(H,17,20,22). The van der Waals surface area contributed by atoms with Crippen molar-refractivity contribution in [1.82, 2.24) is 15.0 Å². The lowest BCUT2D eigenvalue weighted by molar-refractivity contribution is 0.102. The van der Waals surface area contributed by atoms with Gasteiger partial charge in [-0.15, -0.1) is 0 Å². The van der Waals surface area contributed by atoms with Crippen LogP contribution in [0.4, 0.5) is 11.8 Å². The van der Waals surface area contributed by atoms with Crippen LogP contribution in [0.5, 0.6) is 0 Å². The van der Waals surface area contributed by atoms with Gasteiger partial charge >= 0.3 is 0 Å². The van der Waals surface area contributed by atoms with Crippen molar-refractivity contribution < 1.29 is 4.79 Å². The number of hydrogen-bond acceptors (Lipinski definition) is 5. The molecule has 0 bridgehead atoms. The Morgan fingerprint density at radius 1 is 1.32 bits per heavy atom. The predicted octanol–water partition coefficient (Wildman–Crippen LogP) is 2.69. The van der Waals surface area contributed by atoms with Crippen molar-refractivity contribution in [2.75, 3.05) is 23.3 Å². The van der Waals surface area contributed by atoms with Crippen LogP contribution in [0, 0.1) is 6.92 Å². The second-order valence-electron chi connectivity index (χ2n) is 5.18. The highest BCUT2D eigenvalue weighted by molar-refractivity contribution is 6.34. The van der Waals surface area contributed by atoms with Crippen LogP contribution in [0.2, 0.25) is 5.02 Å². The minimum atomic E-state index is -0.380. The maximum absolute atomic E-state index is 12.4. The summed E-state index contributed by atoms with van der Waals surface area (Å²) in [6.07, 6.45) is 5.32. The molecule has 0 saturated carbocycles. The van der Waals surface area contributed by atoms with E-state index in [1.165, 1.54) is 6.20 Å². The summed E-state index contributed by atoms with van der Waals surface area (Å²) in [5, 5.41) is 2.97. The van der Waals surface area contributed by atoms with Crippen molar-refractivity contribution in [1.29, 1.82) is 0 Å². The van der Waals surface area contributed by atoms with Gasteiger partial charge in [0.25, 0.3) is 5.91 Å². The highest BCUT2D eigenvalue weighted by Crippen LogP contribution is 2.21. The normalized spacial score (nSPS) is 14.2. The molecule has 1 fully saturated rings. The first-order valence-electron chi connectivity index (χ1n) is 7.15. The molecule has 1 N–H and O–H groups in total. The number of nitrogens with zero attached hydrogens (tertiary/aromatic N) is 4. The lowest BCUT2D eigenvalue weighted by Crippen LogP contribution is -2.23. The quantitative estimate of drug-likeness (QED) is 0.942. The second kappa shape index (κ2) is 6.27. The lowest BCUT2D eigenvalue weighted by Gasteiger charge is -2.16. The molecule has 2 aromatic rings. The minimum absolute atomic E-state index is 0.170. The first-order valence-corrected chi connectivity index (χ1v) is 7.53. The Hall–Kier alpha value is -2.21. The number of aryl methyl sites for hydroxylation is 1. The van der Waals surface area contributed by atoms with E-state index in [-0.39, 0.29) is 16.6 Å². The zero-order chi connectivity index (χ0) is 15.5. The van der Waals surface area contributed by atoms with Gasteiger partial charge < -0.3 is 10.2 Å². The molecule has 3 rings (SSSR count). The van der Waals surface area contributed by atoms with Crippen LogP contribution in [0.15, 0.2) is 24.5 Å².